The molecule has 0 bridgehead atoms. The van der Waals surface area contributed by atoms with Gasteiger partial charge in [0.1, 0.15) is 0 Å². The number of allylic oxidation sites excluding steroid dienone is 1. The SMILES string of the molecule is C=C(C)SCC(=O)c1ncccn1. The Morgan fingerprint density at radius 2 is 2.15 bits per heavy atom. The fourth-order valence-corrected chi connectivity index (χ4v) is 1.20. The lowest BCUT2D eigenvalue weighted by Crippen LogP contribution is -2.06. The van der Waals surface area contributed by atoms with E-state index in [0.29, 0.717) is 5.75 Å². The molecule has 1 rings (SSSR count). The molecule has 0 amide bonds. The zero-order valence-corrected chi connectivity index (χ0v) is 8.17. The molecule has 13 heavy (non-hydrogen) atoms. The highest BCUT2D eigenvalue weighted by molar-refractivity contribution is 8.03. The van der Waals surface area contributed by atoms with E-state index in [4.69, 9.17) is 0 Å². The molecule has 0 radical (unpaired) electrons. The van der Waals surface area contributed by atoms with Gasteiger partial charge in [-0.05, 0) is 17.9 Å². The van der Waals surface area contributed by atoms with Gasteiger partial charge >= 0.3 is 0 Å². The first-order valence-corrected chi connectivity index (χ1v) is 4.77. The van der Waals surface area contributed by atoms with E-state index in [1.165, 1.54) is 11.8 Å². The third kappa shape index (κ3) is 3.38. The Balaban J connectivity index is 2.54. The zero-order chi connectivity index (χ0) is 9.68. The molecule has 0 unspecified atom stereocenters. The summed E-state index contributed by atoms with van der Waals surface area (Å²) >= 11 is 1.41. The maximum Gasteiger partial charge on any atom is 0.210 e. The lowest BCUT2D eigenvalue weighted by Gasteiger charge is -1.97. The summed E-state index contributed by atoms with van der Waals surface area (Å²) in [4.78, 5) is 20.0. The summed E-state index contributed by atoms with van der Waals surface area (Å²) in [5, 5.41) is 0. The highest BCUT2D eigenvalue weighted by Gasteiger charge is 2.07. The first kappa shape index (κ1) is 9.92. The average molecular weight is 194 g/mol. The second-order valence-corrected chi connectivity index (χ2v) is 3.76. The van der Waals surface area contributed by atoms with Gasteiger partial charge in [-0.15, -0.1) is 11.8 Å². The van der Waals surface area contributed by atoms with Crippen LogP contribution in [0.4, 0.5) is 0 Å². The number of carbonyl (C=O) groups excluding carboxylic acids is 1. The van der Waals surface area contributed by atoms with Gasteiger partial charge in [0.05, 0.1) is 5.75 Å². The summed E-state index contributed by atoms with van der Waals surface area (Å²) < 4.78 is 0. The Hall–Kier alpha value is -1.16. The van der Waals surface area contributed by atoms with Crippen LogP contribution in [0.15, 0.2) is 29.9 Å². The quantitative estimate of drug-likeness (QED) is 0.687. The predicted molar refractivity (Wildman–Crippen MR) is 53.6 cm³/mol. The van der Waals surface area contributed by atoms with Crippen LogP contribution >= 0.6 is 11.8 Å². The molecule has 0 fully saturated rings. The molecule has 0 aliphatic carbocycles. The number of aromatic nitrogens is 2. The van der Waals surface area contributed by atoms with Gasteiger partial charge in [0.25, 0.3) is 0 Å². The van der Waals surface area contributed by atoms with E-state index in [-0.39, 0.29) is 11.6 Å². The number of hydrogen-bond donors (Lipinski definition) is 0. The van der Waals surface area contributed by atoms with E-state index in [9.17, 15) is 4.79 Å². The topological polar surface area (TPSA) is 42.9 Å². The van der Waals surface area contributed by atoms with Crippen LogP contribution in [0.5, 0.6) is 0 Å². The minimum atomic E-state index is -0.0615. The van der Waals surface area contributed by atoms with Gasteiger partial charge in [-0.1, -0.05) is 6.58 Å². The molecule has 0 aliphatic heterocycles. The number of hydrogen-bond acceptors (Lipinski definition) is 4. The van der Waals surface area contributed by atoms with Gasteiger partial charge in [0.15, 0.2) is 5.82 Å². The third-order valence-corrected chi connectivity index (χ3v) is 2.16. The Morgan fingerprint density at radius 3 is 2.69 bits per heavy atom. The highest BCUT2D eigenvalue weighted by Crippen LogP contribution is 2.12. The molecule has 0 atom stereocenters. The monoisotopic (exact) mass is 194 g/mol. The molecule has 0 aliphatic rings. The van der Waals surface area contributed by atoms with E-state index in [2.05, 4.69) is 16.5 Å². The first-order chi connectivity index (χ1) is 6.20. The molecule has 1 aromatic heterocycles. The van der Waals surface area contributed by atoms with E-state index in [1.54, 1.807) is 18.5 Å². The summed E-state index contributed by atoms with van der Waals surface area (Å²) in [6.07, 6.45) is 3.12. The Morgan fingerprint density at radius 1 is 1.54 bits per heavy atom. The van der Waals surface area contributed by atoms with Crippen molar-refractivity contribution >= 4 is 17.5 Å². The normalized spacial score (nSPS) is 9.62. The molecule has 0 spiro atoms. The molecule has 0 N–H and O–H groups in total. The van der Waals surface area contributed by atoms with E-state index in [0.717, 1.165) is 4.91 Å². The van der Waals surface area contributed by atoms with Crippen molar-refractivity contribution < 1.29 is 4.79 Å². The highest BCUT2D eigenvalue weighted by atomic mass is 32.2. The minimum absolute atomic E-state index is 0.0615. The van der Waals surface area contributed by atoms with Crippen LogP contribution in [0.3, 0.4) is 0 Å². The van der Waals surface area contributed by atoms with Crippen molar-refractivity contribution in [1.82, 2.24) is 9.97 Å². The number of carbonyl (C=O) groups is 1. The first-order valence-electron chi connectivity index (χ1n) is 3.78. The molecular formula is C9H10N2OS. The molecule has 0 saturated carbocycles. The van der Waals surface area contributed by atoms with Crippen LogP contribution in [0.25, 0.3) is 0 Å². The van der Waals surface area contributed by atoms with Crippen molar-refractivity contribution in [3.63, 3.8) is 0 Å². The van der Waals surface area contributed by atoms with Crippen LogP contribution in [0, 0.1) is 0 Å². The van der Waals surface area contributed by atoms with Crippen molar-refractivity contribution in [3.05, 3.63) is 35.8 Å². The lowest BCUT2D eigenvalue weighted by atomic mass is 10.4. The fourth-order valence-electron chi connectivity index (χ4n) is 0.696. The van der Waals surface area contributed by atoms with Crippen molar-refractivity contribution in [2.45, 2.75) is 6.92 Å². The predicted octanol–water partition coefficient (Wildman–Crippen LogP) is 1.93. The number of ketones is 1. The van der Waals surface area contributed by atoms with Gasteiger partial charge in [0, 0.05) is 12.4 Å². The lowest BCUT2D eigenvalue weighted by molar-refractivity contribution is 0.101. The maximum atomic E-state index is 11.4. The standard InChI is InChI=1S/C9H10N2OS/c1-7(2)13-6-8(12)9-10-4-3-5-11-9/h3-5H,1,6H2,2H3. The Labute approximate surface area is 81.3 Å². The second kappa shape index (κ2) is 4.77. The van der Waals surface area contributed by atoms with Crippen LogP contribution in [0.1, 0.15) is 17.5 Å². The minimum Gasteiger partial charge on any atom is -0.290 e. The van der Waals surface area contributed by atoms with Crippen molar-refractivity contribution in [2.24, 2.45) is 0 Å². The fraction of sp³-hybridized carbons (Fsp3) is 0.222. The van der Waals surface area contributed by atoms with E-state index in [1.807, 2.05) is 6.92 Å². The molecule has 4 heteroatoms. The summed E-state index contributed by atoms with van der Waals surface area (Å²) in [6.45, 7) is 5.56. The van der Waals surface area contributed by atoms with Gasteiger partial charge in [-0.25, -0.2) is 9.97 Å². The van der Waals surface area contributed by atoms with Crippen LogP contribution < -0.4 is 0 Å². The second-order valence-electron chi connectivity index (χ2n) is 2.49. The van der Waals surface area contributed by atoms with Gasteiger partial charge in [-0.3, -0.25) is 4.79 Å². The summed E-state index contributed by atoms with van der Waals surface area (Å²) in [6, 6.07) is 1.68. The third-order valence-electron chi connectivity index (χ3n) is 1.26. The van der Waals surface area contributed by atoms with E-state index < -0.39 is 0 Å². The van der Waals surface area contributed by atoms with Crippen LogP contribution in [-0.2, 0) is 0 Å². The smallest absolute Gasteiger partial charge is 0.210 e. The summed E-state index contributed by atoms with van der Waals surface area (Å²) in [5.74, 6) is 0.573. The van der Waals surface area contributed by atoms with Crippen LogP contribution in [0.2, 0.25) is 0 Å². The molecule has 1 heterocycles. The van der Waals surface area contributed by atoms with Gasteiger partial charge in [-0.2, -0.15) is 0 Å². The number of rotatable bonds is 4. The molecule has 0 saturated heterocycles. The Bertz CT molecular complexity index is 311. The molecule has 1 aromatic rings. The molecule has 0 aromatic carbocycles. The largest absolute Gasteiger partial charge is 0.290 e. The van der Waals surface area contributed by atoms with Crippen molar-refractivity contribution in [2.75, 3.05) is 5.75 Å². The summed E-state index contributed by atoms with van der Waals surface area (Å²) in [7, 11) is 0. The molecule has 68 valence electrons. The molecular weight excluding hydrogens is 184 g/mol. The number of thioether (sulfide) groups is 1. The molecule has 3 nitrogen and oxygen atoms in total. The van der Waals surface area contributed by atoms with E-state index >= 15 is 0 Å². The van der Waals surface area contributed by atoms with Gasteiger partial charge < -0.3 is 0 Å². The van der Waals surface area contributed by atoms with Gasteiger partial charge in [0.2, 0.25) is 5.78 Å². The van der Waals surface area contributed by atoms with Crippen LogP contribution in [-0.4, -0.2) is 21.5 Å². The number of nitrogens with zero attached hydrogens (tertiary/aromatic N) is 2. The maximum absolute atomic E-state index is 11.4. The average Bonchev–Trinajstić information content (AvgIpc) is 2.15. The Kier molecular flexibility index (Phi) is 3.64. The van der Waals surface area contributed by atoms with Crippen molar-refractivity contribution in [1.29, 1.82) is 0 Å². The van der Waals surface area contributed by atoms with Crippen molar-refractivity contribution in [3.8, 4) is 0 Å². The number of Topliss-reactive ketones (excluding diaryl/α,β-unsaturated/α-hetero) is 1. The summed E-state index contributed by atoms with van der Waals surface area (Å²) in [5.41, 5.74) is 0. The zero-order valence-electron chi connectivity index (χ0n) is 7.36.